The average molecular weight is 475 g/mol. The monoisotopic (exact) mass is 475 g/mol. The number of nitrogens with one attached hydrogen (secondary N) is 2. The lowest BCUT2D eigenvalue weighted by Crippen LogP contribution is -2.41. The Kier molecular flexibility index (Phi) is 12.2. The van der Waals surface area contributed by atoms with Gasteiger partial charge < -0.3 is 16.4 Å². The number of nitrogens with zero attached hydrogens (tertiary/aromatic N) is 2. The summed E-state index contributed by atoms with van der Waals surface area (Å²) in [6, 6.07) is 8.40. The second kappa shape index (κ2) is 12.9. The van der Waals surface area contributed by atoms with E-state index in [1.54, 1.807) is 19.2 Å². The molecule has 0 aliphatic carbocycles. The van der Waals surface area contributed by atoms with Crippen molar-refractivity contribution in [3.05, 3.63) is 35.4 Å². The summed E-state index contributed by atoms with van der Waals surface area (Å²) >= 11 is 0. The van der Waals surface area contributed by atoms with E-state index in [1.165, 1.54) is 0 Å². The van der Waals surface area contributed by atoms with Gasteiger partial charge in [-0.2, -0.15) is 0 Å². The zero-order valence-electron chi connectivity index (χ0n) is 16.6. The van der Waals surface area contributed by atoms with Crippen molar-refractivity contribution in [1.82, 2.24) is 15.5 Å². The third-order valence-corrected chi connectivity index (χ3v) is 4.11. The lowest BCUT2D eigenvalue weighted by molar-refractivity contribution is 0.1000. The fourth-order valence-corrected chi connectivity index (χ4v) is 2.82. The molecule has 1 amide bonds. The smallest absolute Gasteiger partial charge is 0.248 e. The van der Waals surface area contributed by atoms with Gasteiger partial charge in [0.2, 0.25) is 5.91 Å². The summed E-state index contributed by atoms with van der Waals surface area (Å²) in [6.07, 6.45) is 1.05. The van der Waals surface area contributed by atoms with Crippen LogP contribution in [-0.4, -0.2) is 49.0 Å². The topological polar surface area (TPSA) is 82.8 Å². The molecule has 6 nitrogen and oxygen atoms in total. The Morgan fingerprint density at radius 3 is 2.38 bits per heavy atom. The number of nitrogens with two attached hydrogens (primary N) is 1. The first-order valence-electron chi connectivity index (χ1n) is 8.94. The Hall–Kier alpha value is -1.35. The number of guanidine groups is 1. The Balaban J connectivity index is 0.00000625. The van der Waals surface area contributed by atoms with Crippen LogP contribution in [0.4, 0.5) is 0 Å². The zero-order valence-corrected chi connectivity index (χ0v) is 18.9. The summed E-state index contributed by atoms with van der Waals surface area (Å²) in [4.78, 5) is 18.0. The summed E-state index contributed by atoms with van der Waals surface area (Å²) < 4.78 is 0. The first-order valence-corrected chi connectivity index (χ1v) is 8.94. The van der Waals surface area contributed by atoms with E-state index in [0.717, 1.165) is 31.0 Å². The predicted molar refractivity (Wildman–Crippen MR) is 120 cm³/mol. The number of aliphatic imine (C=N–C) groups is 1. The average Bonchev–Trinajstić information content (AvgIpc) is 2.56. The number of hydrogen-bond acceptors (Lipinski definition) is 3. The van der Waals surface area contributed by atoms with Crippen LogP contribution in [0.15, 0.2) is 29.3 Å². The fraction of sp³-hybridized carbons (Fsp3) is 0.579. The molecule has 0 radical (unpaired) electrons. The van der Waals surface area contributed by atoms with Crippen LogP contribution in [0.5, 0.6) is 0 Å². The fourth-order valence-electron chi connectivity index (χ4n) is 2.82. The van der Waals surface area contributed by atoms with Gasteiger partial charge in [0, 0.05) is 44.3 Å². The quantitative estimate of drug-likeness (QED) is 0.222. The van der Waals surface area contributed by atoms with Crippen molar-refractivity contribution >= 4 is 35.8 Å². The van der Waals surface area contributed by atoms with Crippen LogP contribution < -0.4 is 16.4 Å². The standard InChI is InChI=1S/C19H33N5O.HI/c1-14(2)24(15(3)4)11-7-10-22-19(21-5)23-13-16-8-6-9-17(12-16)18(20)25;/h6,8-9,12,14-15H,7,10-11,13H2,1-5H3,(H2,20,25)(H2,21,22,23);1H. The first kappa shape index (κ1) is 24.7. The molecule has 0 fully saturated rings. The number of halogens is 1. The second-order valence-corrected chi connectivity index (χ2v) is 6.70. The highest BCUT2D eigenvalue weighted by Gasteiger charge is 2.12. The molecule has 0 heterocycles. The maximum absolute atomic E-state index is 11.2. The summed E-state index contributed by atoms with van der Waals surface area (Å²) in [5.74, 6) is 0.342. The van der Waals surface area contributed by atoms with Gasteiger partial charge in [-0.3, -0.25) is 14.7 Å². The van der Waals surface area contributed by atoms with Crippen molar-refractivity contribution in [3.8, 4) is 0 Å². The van der Waals surface area contributed by atoms with Gasteiger partial charge in [0.15, 0.2) is 5.96 Å². The summed E-state index contributed by atoms with van der Waals surface area (Å²) in [5.41, 5.74) is 6.82. The third kappa shape index (κ3) is 8.84. The highest BCUT2D eigenvalue weighted by atomic mass is 127. The van der Waals surface area contributed by atoms with Crippen molar-refractivity contribution in [2.45, 2.75) is 52.7 Å². The minimum atomic E-state index is -0.413. The second-order valence-electron chi connectivity index (χ2n) is 6.70. The largest absolute Gasteiger partial charge is 0.366 e. The third-order valence-electron chi connectivity index (χ3n) is 4.11. The van der Waals surface area contributed by atoms with E-state index in [4.69, 9.17) is 5.73 Å². The SMILES string of the molecule is CN=C(NCCCN(C(C)C)C(C)C)NCc1cccc(C(N)=O)c1.I. The van der Waals surface area contributed by atoms with Gasteiger partial charge in [0.1, 0.15) is 0 Å². The normalized spacial score (nSPS) is 11.6. The molecule has 148 valence electrons. The highest BCUT2D eigenvalue weighted by molar-refractivity contribution is 14.0. The molecule has 1 aromatic rings. The van der Waals surface area contributed by atoms with Gasteiger partial charge in [0.05, 0.1) is 0 Å². The Bertz CT molecular complexity index is 567. The van der Waals surface area contributed by atoms with Crippen LogP contribution >= 0.6 is 24.0 Å². The number of hydrogen-bond donors (Lipinski definition) is 3. The summed E-state index contributed by atoms with van der Waals surface area (Å²) in [7, 11) is 1.75. The highest BCUT2D eigenvalue weighted by Crippen LogP contribution is 2.06. The van der Waals surface area contributed by atoms with Gasteiger partial charge in [-0.1, -0.05) is 12.1 Å². The van der Waals surface area contributed by atoms with Crippen molar-refractivity contribution in [2.24, 2.45) is 10.7 Å². The molecule has 0 aliphatic rings. The van der Waals surface area contributed by atoms with Crippen LogP contribution in [0, 0.1) is 0 Å². The number of carbonyl (C=O) groups excluding carboxylic acids is 1. The van der Waals surface area contributed by atoms with E-state index in [2.05, 4.69) is 48.2 Å². The number of amides is 1. The minimum absolute atomic E-state index is 0. The molecule has 7 heteroatoms. The molecule has 26 heavy (non-hydrogen) atoms. The number of benzene rings is 1. The maximum atomic E-state index is 11.2. The molecule has 4 N–H and O–H groups in total. The van der Waals surface area contributed by atoms with Crippen LogP contribution in [0.25, 0.3) is 0 Å². The molecule has 0 atom stereocenters. The van der Waals surface area contributed by atoms with E-state index in [-0.39, 0.29) is 24.0 Å². The molecule has 1 rings (SSSR count). The lowest BCUT2D eigenvalue weighted by Gasteiger charge is -2.30. The van der Waals surface area contributed by atoms with Crippen molar-refractivity contribution < 1.29 is 4.79 Å². The summed E-state index contributed by atoms with van der Waals surface area (Å²) in [5, 5.41) is 6.59. The first-order chi connectivity index (χ1) is 11.8. The molecule has 0 spiro atoms. The van der Waals surface area contributed by atoms with Crippen LogP contribution in [0.3, 0.4) is 0 Å². The van der Waals surface area contributed by atoms with E-state index in [0.29, 0.717) is 24.2 Å². The van der Waals surface area contributed by atoms with Crippen molar-refractivity contribution in [1.29, 1.82) is 0 Å². The number of carbonyl (C=O) groups is 1. The predicted octanol–water partition coefficient (Wildman–Crippen LogP) is 2.58. The van der Waals surface area contributed by atoms with E-state index >= 15 is 0 Å². The molecule has 0 aromatic heterocycles. The lowest BCUT2D eigenvalue weighted by atomic mass is 10.1. The van der Waals surface area contributed by atoms with E-state index in [1.807, 2.05) is 12.1 Å². The summed E-state index contributed by atoms with van der Waals surface area (Å²) in [6.45, 7) is 11.4. The molecular formula is C19H34IN5O. The van der Waals surface area contributed by atoms with Crippen LogP contribution in [0.2, 0.25) is 0 Å². The molecule has 0 unspecified atom stereocenters. The van der Waals surface area contributed by atoms with Gasteiger partial charge in [0.25, 0.3) is 0 Å². The molecule has 1 aromatic carbocycles. The van der Waals surface area contributed by atoms with Gasteiger partial charge in [-0.15, -0.1) is 24.0 Å². The minimum Gasteiger partial charge on any atom is -0.366 e. The zero-order chi connectivity index (χ0) is 18.8. The molecular weight excluding hydrogens is 441 g/mol. The van der Waals surface area contributed by atoms with Crippen molar-refractivity contribution in [2.75, 3.05) is 20.1 Å². The van der Waals surface area contributed by atoms with E-state index in [9.17, 15) is 4.79 Å². The molecule has 0 aliphatic heterocycles. The van der Waals surface area contributed by atoms with Crippen molar-refractivity contribution in [3.63, 3.8) is 0 Å². The Morgan fingerprint density at radius 2 is 1.85 bits per heavy atom. The van der Waals surface area contributed by atoms with Gasteiger partial charge in [-0.05, 0) is 51.8 Å². The molecule has 0 saturated heterocycles. The molecule has 0 bridgehead atoms. The van der Waals surface area contributed by atoms with Gasteiger partial charge >= 0.3 is 0 Å². The van der Waals surface area contributed by atoms with Crippen LogP contribution in [0.1, 0.15) is 50.0 Å². The Labute approximate surface area is 175 Å². The van der Waals surface area contributed by atoms with E-state index < -0.39 is 5.91 Å². The Morgan fingerprint density at radius 1 is 1.19 bits per heavy atom. The number of primary amides is 1. The molecule has 0 saturated carbocycles. The van der Waals surface area contributed by atoms with Gasteiger partial charge in [-0.25, -0.2) is 0 Å². The number of rotatable bonds is 9. The maximum Gasteiger partial charge on any atom is 0.248 e. The van der Waals surface area contributed by atoms with Crippen LogP contribution in [-0.2, 0) is 6.54 Å².